The van der Waals surface area contributed by atoms with Crippen molar-refractivity contribution in [3.8, 4) is 0 Å². The number of carbonyl (C=O) groups excluding carboxylic acids is 1. The molecule has 0 radical (unpaired) electrons. The topological polar surface area (TPSA) is 20.3 Å². The average Bonchev–Trinajstić information content (AvgIpc) is 2.43. The highest BCUT2D eigenvalue weighted by Crippen LogP contribution is 2.26. The zero-order valence-electron chi connectivity index (χ0n) is 12.7. The second-order valence-corrected chi connectivity index (χ2v) is 6.24. The molecular formula is C17H23F2NO. The first-order valence-corrected chi connectivity index (χ1v) is 7.65. The van der Waals surface area contributed by atoms with Crippen molar-refractivity contribution in [2.75, 3.05) is 13.6 Å². The van der Waals surface area contributed by atoms with E-state index in [4.69, 9.17) is 0 Å². The van der Waals surface area contributed by atoms with E-state index >= 15 is 0 Å². The average molecular weight is 295 g/mol. The van der Waals surface area contributed by atoms with E-state index in [0.29, 0.717) is 19.0 Å². The maximum absolute atomic E-state index is 13.1. The fourth-order valence-electron chi connectivity index (χ4n) is 3.12. The van der Waals surface area contributed by atoms with Gasteiger partial charge >= 0.3 is 0 Å². The number of Topliss-reactive ketones (excluding diaryl/α,β-unsaturated/α-hetero) is 1. The quantitative estimate of drug-likeness (QED) is 0.764. The van der Waals surface area contributed by atoms with Crippen molar-refractivity contribution in [3.63, 3.8) is 0 Å². The Bertz CT molecular complexity index is 483. The van der Waals surface area contributed by atoms with Gasteiger partial charge in [-0.2, -0.15) is 0 Å². The zero-order valence-corrected chi connectivity index (χ0v) is 12.7. The number of benzene rings is 1. The summed E-state index contributed by atoms with van der Waals surface area (Å²) >= 11 is 0. The summed E-state index contributed by atoms with van der Waals surface area (Å²) in [6.07, 6.45) is 5.15. The van der Waals surface area contributed by atoms with Gasteiger partial charge in [-0.25, -0.2) is 8.78 Å². The van der Waals surface area contributed by atoms with Gasteiger partial charge in [-0.05, 0) is 37.9 Å². The van der Waals surface area contributed by atoms with Gasteiger partial charge in [-0.15, -0.1) is 0 Å². The Labute approximate surface area is 125 Å². The molecule has 4 heteroatoms. The fourth-order valence-corrected chi connectivity index (χ4v) is 3.12. The van der Waals surface area contributed by atoms with Crippen molar-refractivity contribution in [3.05, 3.63) is 35.4 Å². The summed E-state index contributed by atoms with van der Waals surface area (Å²) in [5.41, 5.74) is 0.123. The lowest BCUT2D eigenvalue weighted by molar-refractivity contribution is 0.0944. The molecule has 0 amide bonds. The van der Waals surface area contributed by atoms with Crippen LogP contribution in [0, 0.1) is 17.6 Å². The Morgan fingerprint density at radius 1 is 1.24 bits per heavy atom. The van der Waals surface area contributed by atoms with E-state index in [1.165, 1.54) is 25.7 Å². The molecule has 1 aromatic carbocycles. The molecule has 0 saturated heterocycles. The van der Waals surface area contributed by atoms with E-state index in [9.17, 15) is 13.6 Å². The molecule has 0 heterocycles. The van der Waals surface area contributed by atoms with Gasteiger partial charge in [0.05, 0.1) is 0 Å². The van der Waals surface area contributed by atoms with Crippen LogP contribution in [0.4, 0.5) is 8.78 Å². The van der Waals surface area contributed by atoms with Crippen LogP contribution in [0.2, 0.25) is 0 Å². The molecule has 1 saturated carbocycles. The first-order chi connectivity index (χ1) is 9.95. The molecule has 2 nitrogen and oxygen atoms in total. The molecule has 2 rings (SSSR count). The molecular weight excluding hydrogens is 272 g/mol. The summed E-state index contributed by atoms with van der Waals surface area (Å²) in [5, 5.41) is 0. The zero-order chi connectivity index (χ0) is 15.4. The molecule has 0 aliphatic heterocycles. The Morgan fingerprint density at radius 2 is 1.90 bits per heavy atom. The molecule has 1 aromatic rings. The third-order valence-electron chi connectivity index (χ3n) is 4.41. The van der Waals surface area contributed by atoms with Crippen LogP contribution in [-0.2, 0) is 0 Å². The van der Waals surface area contributed by atoms with E-state index in [2.05, 4.69) is 11.8 Å². The van der Waals surface area contributed by atoms with Gasteiger partial charge in [0.2, 0.25) is 0 Å². The van der Waals surface area contributed by atoms with Crippen LogP contribution >= 0.6 is 0 Å². The lowest BCUT2D eigenvalue weighted by atomic mass is 9.86. The maximum atomic E-state index is 13.1. The van der Waals surface area contributed by atoms with Crippen molar-refractivity contribution in [1.82, 2.24) is 4.90 Å². The van der Waals surface area contributed by atoms with Crippen LogP contribution in [0.5, 0.6) is 0 Å². The number of carbonyl (C=O) groups is 1. The number of hydrogen-bond donors (Lipinski definition) is 0. The van der Waals surface area contributed by atoms with Gasteiger partial charge < -0.3 is 4.90 Å². The number of hydrogen-bond acceptors (Lipinski definition) is 2. The van der Waals surface area contributed by atoms with Crippen molar-refractivity contribution in [2.24, 2.45) is 5.92 Å². The largest absolute Gasteiger partial charge is 0.303 e. The second kappa shape index (κ2) is 7.12. The molecule has 0 bridgehead atoms. The predicted octanol–water partition coefficient (Wildman–Crippen LogP) is 4.05. The van der Waals surface area contributed by atoms with Crippen LogP contribution in [0.1, 0.15) is 49.4 Å². The minimum Gasteiger partial charge on any atom is -0.303 e. The van der Waals surface area contributed by atoms with Crippen LogP contribution in [-0.4, -0.2) is 30.3 Å². The van der Waals surface area contributed by atoms with Gasteiger partial charge in [0.15, 0.2) is 5.78 Å². The van der Waals surface area contributed by atoms with Crippen LogP contribution < -0.4 is 0 Å². The summed E-state index contributed by atoms with van der Waals surface area (Å²) in [4.78, 5) is 14.3. The van der Waals surface area contributed by atoms with Crippen molar-refractivity contribution >= 4 is 5.78 Å². The van der Waals surface area contributed by atoms with E-state index in [-0.39, 0.29) is 11.3 Å². The molecule has 116 valence electrons. The Hall–Kier alpha value is -1.29. The van der Waals surface area contributed by atoms with Crippen LogP contribution in [0.15, 0.2) is 18.2 Å². The Morgan fingerprint density at radius 3 is 2.52 bits per heavy atom. The van der Waals surface area contributed by atoms with E-state index in [0.717, 1.165) is 24.1 Å². The minimum atomic E-state index is -0.701. The molecule has 1 aliphatic rings. The predicted molar refractivity (Wildman–Crippen MR) is 79.4 cm³/mol. The van der Waals surface area contributed by atoms with Gasteiger partial charge in [-0.1, -0.05) is 19.8 Å². The second-order valence-electron chi connectivity index (χ2n) is 6.24. The maximum Gasteiger partial charge on any atom is 0.164 e. The summed E-state index contributed by atoms with van der Waals surface area (Å²) in [6.45, 7) is 2.90. The summed E-state index contributed by atoms with van der Waals surface area (Å²) in [7, 11) is 2.03. The summed E-state index contributed by atoms with van der Waals surface area (Å²) in [6, 6.07) is 3.51. The molecule has 2 unspecified atom stereocenters. The van der Waals surface area contributed by atoms with E-state index in [1.807, 2.05) is 7.05 Å². The highest BCUT2D eigenvalue weighted by atomic mass is 19.1. The number of nitrogens with zero attached hydrogens (tertiary/aromatic N) is 1. The Kier molecular flexibility index (Phi) is 5.45. The highest BCUT2D eigenvalue weighted by Gasteiger charge is 2.22. The smallest absolute Gasteiger partial charge is 0.164 e. The first-order valence-electron chi connectivity index (χ1n) is 7.65. The van der Waals surface area contributed by atoms with Crippen molar-refractivity contribution in [1.29, 1.82) is 0 Å². The van der Waals surface area contributed by atoms with E-state index < -0.39 is 11.6 Å². The lowest BCUT2D eigenvalue weighted by Crippen LogP contribution is -2.36. The molecule has 21 heavy (non-hydrogen) atoms. The van der Waals surface area contributed by atoms with Crippen LogP contribution in [0.3, 0.4) is 0 Å². The third-order valence-corrected chi connectivity index (χ3v) is 4.41. The number of rotatable bonds is 5. The van der Waals surface area contributed by atoms with Gasteiger partial charge in [-0.3, -0.25) is 4.79 Å². The fraction of sp³-hybridized carbons (Fsp3) is 0.588. The normalized spacial score (nSPS) is 22.5. The SMILES string of the molecule is CC1CCCC(N(C)CCC(=O)c2cc(F)cc(F)c2)C1. The standard InChI is InChI=1S/C17H23F2NO/c1-12-4-3-5-16(8-12)20(2)7-6-17(21)13-9-14(18)11-15(19)10-13/h9-12,16H,3-8H2,1-2H3. The monoisotopic (exact) mass is 295 g/mol. The summed E-state index contributed by atoms with van der Waals surface area (Å²) in [5.74, 6) is -0.871. The van der Waals surface area contributed by atoms with Gasteiger partial charge in [0.1, 0.15) is 11.6 Å². The number of ketones is 1. The molecule has 1 fully saturated rings. The van der Waals surface area contributed by atoms with Crippen molar-refractivity contribution in [2.45, 2.75) is 45.1 Å². The molecule has 0 spiro atoms. The Balaban J connectivity index is 1.88. The molecule has 1 aliphatic carbocycles. The van der Waals surface area contributed by atoms with Gasteiger partial charge in [0.25, 0.3) is 0 Å². The minimum absolute atomic E-state index is 0.123. The third kappa shape index (κ3) is 4.60. The van der Waals surface area contributed by atoms with Gasteiger partial charge in [0, 0.05) is 30.6 Å². The first kappa shape index (κ1) is 16.1. The van der Waals surface area contributed by atoms with Crippen molar-refractivity contribution < 1.29 is 13.6 Å². The molecule has 0 aromatic heterocycles. The molecule has 0 N–H and O–H groups in total. The van der Waals surface area contributed by atoms with E-state index in [1.54, 1.807) is 0 Å². The van der Waals surface area contributed by atoms with Crippen LogP contribution in [0.25, 0.3) is 0 Å². The molecule has 2 atom stereocenters. The lowest BCUT2D eigenvalue weighted by Gasteiger charge is -2.34. The highest BCUT2D eigenvalue weighted by molar-refractivity contribution is 5.96. The summed E-state index contributed by atoms with van der Waals surface area (Å²) < 4.78 is 26.2. The number of halogens is 2.